The van der Waals surface area contributed by atoms with E-state index in [9.17, 15) is 4.79 Å². The van der Waals surface area contributed by atoms with Gasteiger partial charge in [0.2, 0.25) is 5.91 Å². The first kappa shape index (κ1) is 12.1. The standard InChI is InChI=1S/C15H19NOS/c17-15(16-7-9-18-10-8-16)11-13-6-5-12-3-1-2-4-14(12)13/h1-4,13H,5-11H2/t13-/m0/s1. The minimum absolute atomic E-state index is 0.358. The average molecular weight is 261 g/mol. The van der Waals surface area contributed by atoms with Crippen molar-refractivity contribution in [2.45, 2.75) is 25.2 Å². The Labute approximate surface area is 113 Å². The largest absolute Gasteiger partial charge is 0.341 e. The number of carbonyl (C=O) groups excluding carboxylic acids is 1. The normalized spacial score (nSPS) is 22.9. The van der Waals surface area contributed by atoms with Gasteiger partial charge in [-0.3, -0.25) is 4.79 Å². The first-order valence-electron chi connectivity index (χ1n) is 6.78. The lowest BCUT2D eigenvalue weighted by Crippen LogP contribution is -2.38. The lowest BCUT2D eigenvalue weighted by Gasteiger charge is -2.27. The zero-order valence-electron chi connectivity index (χ0n) is 10.6. The van der Waals surface area contributed by atoms with Crippen molar-refractivity contribution in [2.24, 2.45) is 0 Å². The van der Waals surface area contributed by atoms with Crippen LogP contribution in [0.1, 0.15) is 29.9 Å². The molecule has 2 nitrogen and oxygen atoms in total. The highest BCUT2D eigenvalue weighted by molar-refractivity contribution is 7.99. The predicted molar refractivity (Wildman–Crippen MR) is 76.0 cm³/mol. The summed E-state index contributed by atoms with van der Waals surface area (Å²) in [5.74, 6) is 3.03. The van der Waals surface area contributed by atoms with Gasteiger partial charge in [-0.1, -0.05) is 24.3 Å². The maximum atomic E-state index is 12.3. The van der Waals surface area contributed by atoms with E-state index in [4.69, 9.17) is 0 Å². The molecule has 1 aromatic rings. The molecular formula is C15H19NOS. The second-order valence-corrected chi connectivity index (χ2v) is 6.36. The van der Waals surface area contributed by atoms with Gasteiger partial charge in [0.25, 0.3) is 0 Å². The van der Waals surface area contributed by atoms with E-state index in [1.54, 1.807) is 0 Å². The molecule has 1 atom stereocenters. The number of aryl methyl sites for hydroxylation is 1. The van der Waals surface area contributed by atoms with Crippen molar-refractivity contribution in [1.82, 2.24) is 4.90 Å². The van der Waals surface area contributed by atoms with Gasteiger partial charge < -0.3 is 4.90 Å². The Bertz CT molecular complexity index is 440. The van der Waals surface area contributed by atoms with Crippen LogP contribution in [-0.2, 0) is 11.2 Å². The van der Waals surface area contributed by atoms with Crippen LogP contribution in [0.2, 0.25) is 0 Å². The highest BCUT2D eigenvalue weighted by atomic mass is 32.2. The fourth-order valence-corrected chi connectivity index (χ4v) is 3.91. The van der Waals surface area contributed by atoms with E-state index in [1.807, 2.05) is 11.8 Å². The molecule has 1 amide bonds. The van der Waals surface area contributed by atoms with Gasteiger partial charge in [0.05, 0.1) is 0 Å². The highest BCUT2D eigenvalue weighted by Crippen LogP contribution is 2.35. The molecule has 1 aliphatic heterocycles. The second-order valence-electron chi connectivity index (χ2n) is 5.13. The SMILES string of the molecule is O=C(C[C@@H]1CCc2ccccc21)N1CCSCC1. The molecule has 2 aliphatic rings. The van der Waals surface area contributed by atoms with Gasteiger partial charge in [-0.25, -0.2) is 0 Å². The number of amides is 1. The van der Waals surface area contributed by atoms with Crippen molar-refractivity contribution in [1.29, 1.82) is 0 Å². The smallest absolute Gasteiger partial charge is 0.223 e. The van der Waals surface area contributed by atoms with E-state index in [1.165, 1.54) is 11.1 Å². The van der Waals surface area contributed by atoms with E-state index in [-0.39, 0.29) is 0 Å². The Balaban J connectivity index is 1.65. The maximum absolute atomic E-state index is 12.3. The summed E-state index contributed by atoms with van der Waals surface area (Å²) in [5.41, 5.74) is 2.86. The van der Waals surface area contributed by atoms with E-state index in [2.05, 4.69) is 29.2 Å². The molecule has 1 aromatic carbocycles. The van der Waals surface area contributed by atoms with E-state index in [0.29, 0.717) is 18.2 Å². The predicted octanol–water partition coefficient (Wildman–Crippen LogP) is 2.68. The number of hydrogen-bond donors (Lipinski definition) is 0. The summed E-state index contributed by atoms with van der Waals surface area (Å²) in [6, 6.07) is 8.60. The zero-order valence-corrected chi connectivity index (χ0v) is 11.4. The number of nitrogens with zero attached hydrogens (tertiary/aromatic N) is 1. The number of hydrogen-bond acceptors (Lipinski definition) is 2. The number of carbonyl (C=O) groups is 1. The Kier molecular flexibility index (Phi) is 3.59. The topological polar surface area (TPSA) is 20.3 Å². The van der Waals surface area contributed by atoms with Crippen LogP contribution in [0.5, 0.6) is 0 Å². The van der Waals surface area contributed by atoms with Crippen molar-refractivity contribution >= 4 is 17.7 Å². The molecule has 0 bridgehead atoms. The molecule has 1 heterocycles. The third kappa shape index (κ3) is 2.41. The summed E-state index contributed by atoms with van der Waals surface area (Å²) >= 11 is 1.95. The van der Waals surface area contributed by atoms with Gasteiger partial charge in [0.15, 0.2) is 0 Å². The van der Waals surface area contributed by atoms with E-state index < -0.39 is 0 Å². The monoisotopic (exact) mass is 261 g/mol. The van der Waals surface area contributed by atoms with Crippen molar-refractivity contribution in [3.8, 4) is 0 Å². The third-order valence-corrected chi connectivity index (χ3v) is 4.98. The molecule has 0 N–H and O–H groups in total. The van der Waals surface area contributed by atoms with Gasteiger partial charge >= 0.3 is 0 Å². The fraction of sp³-hybridized carbons (Fsp3) is 0.533. The van der Waals surface area contributed by atoms with Crippen LogP contribution in [0.15, 0.2) is 24.3 Å². The van der Waals surface area contributed by atoms with Crippen molar-refractivity contribution in [3.63, 3.8) is 0 Å². The third-order valence-electron chi connectivity index (χ3n) is 4.04. The van der Waals surface area contributed by atoms with Gasteiger partial charge in [0, 0.05) is 31.0 Å². The lowest BCUT2D eigenvalue weighted by molar-refractivity contribution is -0.131. The van der Waals surface area contributed by atoms with Crippen molar-refractivity contribution in [2.75, 3.05) is 24.6 Å². The number of fused-ring (bicyclic) bond motifs is 1. The summed E-state index contributed by atoms with van der Waals surface area (Å²) in [7, 11) is 0. The molecule has 0 saturated carbocycles. The van der Waals surface area contributed by atoms with Gasteiger partial charge in [0.1, 0.15) is 0 Å². The van der Waals surface area contributed by atoms with Crippen LogP contribution in [0.25, 0.3) is 0 Å². The van der Waals surface area contributed by atoms with Gasteiger partial charge in [-0.2, -0.15) is 11.8 Å². The first-order valence-corrected chi connectivity index (χ1v) is 7.93. The number of thioether (sulfide) groups is 1. The average Bonchev–Trinajstić information content (AvgIpc) is 2.83. The Hall–Kier alpha value is -0.960. The second kappa shape index (κ2) is 5.35. The molecule has 96 valence electrons. The Morgan fingerprint density at radius 2 is 2.06 bits per heavy atom. The van der Waals surface area contributed by atoms with Crippen LogP contribution < -0.4 is 0 Å². The van der Waals surface area contributed by atoms with Crippen LogP contribution in [0.4, 0.5) is 0 Å². The minimum atomic E-state index is 0.358. The summed E-state index contributed by atoms with van der Waals surface area (Å²) in [6.07, 6.45) is 3.00. The Morgan fingerprint density at radius 1 is 1.28 bits per heavy atom. The molecule has 0 radical (unpaired) electrons. The van der Waals surface area contributed by atoms with Crippen LogP contribution in [0, 0.1) is 0 Å². The quantitative estimate of drug-likeness (QED) is 0.816. The number of rotatable bonds is 2. The zero-order chi connectivity index (χ0) is 12.4. The molecule has 18 heavy (non-hydrogen) atoms. The van der Waals surface area contributed by atoms with E-state index >= 15 is 0 Å². The first-order chi connectivity index (χ1) is 8.84. The number of benzene rings is 1. The van der Waals surface area contributed by atoms with E-state index in [0.717, 1.165) is 37.4 Å². The van der Waals surface area contributed by atoms with Gasteiger partial charge in [-0.15, -0.1) is 0 Å². The fourth-order valence-electron chi connectivity index (χ4n) is 3.01. The molecule has 3 heteroatoms. The molecule has 0 spiro atoms. The van der Waals surface area contributed by atoms with Crippen molar-refractivity contribution in [3.05, 3.63) is 35.4 Å². The lowest BCUT2D eigenvalue weighted by atomic mass is 9.97. The summed E-state index contributed by atoms with van der Waals surface area (Å²) < 4.78 is 0. The highest BCUT2D eigenvalue weighted by Gasteiger charge is 2.26. The Morgan fingerprint density at radius 3 is 2.89 bits per heavy atom. The summed E-state index contributed by atoms with van der Waals surface area (Å²) in [4.78, 5) is 14.3. The molecule has 0 unspecified atom stereocenters. The molecule has 1 fully saturated rings. The van der Waals surface area contributed by atoms with Crippen LogP contribution in [-0.4, -0.2) is 35.4 Å². The summed E-state index contributed by atoms with van der Waals surface area (Å²) in [6.45, 7) is 1.88. The molecule has 1 aliphatic carbocycles. The minimum Gasteiger partial charge on any atom is -0.341 e. The van der Waals surface area contributed by atoms with Crippen LogP contribution >= 0.6 is 11.8 Å². The van der Waals surface area contributed by atoms with Crippen molar-refractivity contribution < 1.29 is 4.79 Å². The maximum Gasteiger partial charge on any atom is 0.223 e. The van der Waals surface area contributed by atoms with Gasteiger partial charge in [-0.05, 0) is 29.9 Å². The molecule has 3 rings (SSSR count). The molecule has 0 aromatic heterocycles. The molecular weight excluding hydrogens is 242 g/mol. The summed E-state index contributed by atoms with van der Waals surface area (Å²) in [5, 5.41) is 0. The van der Waals surface area contributed by atoms with Crippen LogP contribution in [0.3, 0.4) is 0 Å². The molecule has 1 saturated heterocycles.